The second-order valence-electron chi connectivity index (χ2n) is 2.47. The predicted octanol–water partition coefficient (Wildman–Crippen LogP) is -1.63. The Morgan fingerprint density at radius 2 is 1.58 bits per heavy atom. The van der Waals surface area contributed by atoms with Crippen LogP contribution in [0.25, 0.3) is 0 Å². The van der Waals surface area contributed by atoms with Gasteiger partial charge in [0.1, 0.15) is 12.2 Å². The van der Waals surface area contributed by atoms with Crippen molar-refractivity contribution in [3.63, 3.8) is 0 Å². The monoisotopic (exact) mass is 242 g/mol. The van der Waals surface area contributed by atoms with E-state index >= 15 is 0 Å². The summed E-state index contributed by atoms with van der Waals surface area (Å²) in [5, 5.41) is 35.7. The first-order valence-corrected chi connectivity index (χ1v) is 4.08. The fraction of sp³-hybridized carbons (Fsp3) is 0.833. The SMILES string of the molecule is C[C@@H](O)[C@@H](O)[C@H](O)[C@@H](O)C(=O)Br. The maximum absolute atomic E-state index is 10.4. The van der Waals surface area contributed by atoms with Gasteiger partial charge < -0.3 is 20.4 Å². The van der Waals surface area contributed by atoms with E-state index in [9.17, 15) is 4.79 Å². The van der Waals surface area contributed by atoms with Crippen molar-refractivity contribution >= 4 is 20.6 Å². The Bertz CT molecular complexity index is 160. The van der Waals surface area contributed by atoms with E-state index in [0.717, 1.165) is 0 Å². The van der Waals surface area contributed by atoms with Crippen molar-refractivity contribution in [2.24, 2.45) is 0 Å². The van der Waals surface area contributed by atoms with E-state index in [2.05, 4.69) is 15.9 Å². The Kier molecular flexibility index (Phi) is 4.88. The van der Waals surface area contributed by atoms with E-state index in [0.29, 0.717) is 0 Å². The lowest BCUT2D eigenvalue weighted by Crippen LogP contribution is -2.45. The minimum atomic E-state index is -1.73. The standard InChI is InChI=1S/C6H11BrO5/c1-2(8)3(9)4(10)5(11)6(7)12/h2-5,8-11H,1H3/t2-,3-,4+,5-/m1/s1. The van der Waals surface area contributed by atoms with Crippen LogP contribution in [-0.2, 0) is 4.79 Å². The summed E-state index contributed by atoms with van der Waals surface area (Å²) < 4.78 is -0.838. The summed E-state index contributed by atoms with van der Waals surface area (Å²) in [5.74, 6) is 0. The predicted molar refractivity (Wildman–Crippen MR) is 43.6 cm³/mol. The van der Waals surface area contributed by atoms with Crippen LogP contribution in [0.2, 0.25) is 0 Å². The van der Waals surface area contributed by atoms with Gasteiger partial charge in [-0.25, -0.2) is 0 Å². The van der Waals surface area contributed by atoms with Crippen LogP contribution in [0.15, 0.2) is 0 Å². The first-order chi connectivity index (χ1) is 5.37. The van der Waals surface area contributed by atoms with Gasteiger partial charge in [0.15, 0.2) is 6.10 Å². The first-order valence-electron chi connectivity index (χ1n) is 3.29. The van der Waals surface area contributed by atoms with E-state index in [-0.39, 0.29) is 0 Å². The maximum atomic E-state index is 10.4. The number of aliphatic hydroxyl groups excluding tert-OH is 4. The fourth-order valence-corrected chi connectivity index (χ4v) is 0.877. The van der Waals surface area contributed by atoms with Crippen LogP contribution in [0.5, 0.6) is 0 Å². The fourth-order valence-electron chi connectivity index (χ4n) is 0.606. The zero-order chi connectivity index (χ0) is 9.89. The molecule has 0 amide bonds. The average Bonchev–Trinajstić information content (AvgIpc) is 2.00. The lowest BCUT2D eigenvalue weighted by atomic mass is 10.1. The van der Waals surface area contributed by atoms with Crippen molar-refractivity contribution in [3.05, 3.63) is 0 Å². The number of rotatable bonds is 4. The molecule has 0 aromatic heterocycles. The highest BCUT2D eigenvalue weighted by molar-refractivity contribution is 9.18. The van der Waals surface area contributed by atoms with Gasteiger partial charge in [-0.2, -0.15) is 0 Å². The lowest BCUT2D eigenvalue weighted by Gasteiger charge is -2.22. The third-order valence-electron chi connectivity index (χ3n) is 1.40. The van der Waals surface area contributed by atoms with E-state index in [4.69, 9.17) is 20.4 Å². The van der Waals surface area contributed by atoms with E-state index in [1.165, 1.54) is 6.92 Å². The van der Waals surface area contributed by atoms with Crippen LogP contribution in [0.3, 0.4) is 0 Å². The average molecular weight is 243 g/mol. The molecule has 0 rings (SSSR count). The molecule has 0 spiro atoms. The lowest BCUT2D eigenvalue weighted by molar-refractivity contribution is -0.134. The second-order valence-corrected chi connectivity index (χ2v) is 3.25. The Labute approximate surface area is 77.8 Å². The van der Waals surface area contributed by atoms with E-state index in [1.54, 1.807) is 0 Å². The molecule has 0 aliphatic heterocycles. The number of halogens is 1. The highest BCUT2D eigenvalue weighted by atomic mass is 79.9. The Morgan fingerprint density at radius 3 is 1.83 bits per heavy atom. The molecule has 72 valence electrons. The minimum absolute atomic E-state index is 0.838. The van der Waals surface area contributed by atoms with Gasteiger partial charge in [-0.3, -0.25) is 4.79 Å². The Morgan fingerprint density at radius 1 is 1.17 bits per heavy atom. The van der Waals surface area contributed by atoms with Gasteiger partial charge in [0.2, 0.25) is 4.69 Å². The highest BCUT2D eigenvalue weighted by Crippen LogP contribution is 2.07. The third-order valence-corrected chi connectivity index (χ3v) is 1.87. The summed E-state index contributed by atoms with van der Waals surface area (Å²) in [6.07, 6.45) is -6.16. The molecule has 0 fully saturated rings. The third kappa shape index (κ3) is 3.16. The number of carbonyl (C=O) groups excluding carboxylic acids is 1. The number of carbonyl (C=O) groups is 1. The summed E-state index contributed by atoms with van der Waals surface area (Å²) in [6, 6.07) is 0. The van der Waals surface area contributed by atoms with Crippen LogP contribution >= 0.6 is 15.9 Å². The molecule has 0 aromatic rings. The molecule has 0 radical (unpaired) electrons. The van der Waals surface area contributed by atoms with Crippen LogP contribution < -0.4 is 0 Å². The zero-order valence-corrected chi connectivity index (χ0v) is 7.97. The molecule has 0 saturated carbocycles. The van der Waals surface area contributed by atoms with Gasteiger partial charge in [-0.1, -0.05) is 0 Å². The summed E-state index contributed by atoms with van der Waals surface area (Å²) >= 11 is 2.42. The molecule has 0 unspecified atom stereocenters. The molecule has 0 saturated heterocycles. The van der Waals surface area contributed by atoms with Gasteiger partial charge in [0.05, 0.1) is 6.10 Å². The summed E-state index contributed by atoms with van der Waals surface area (Å²) in [4.78, 5) is 10.4. The normalized spacial score (nSPS) is 21.2. The van der Waals surface area contributed by atoms with Crippen LogP contribution in [0.1, 0.15) is 6.92 Å². The minimum Gasteiger partial charge on any atom is -0.391 e. The molecular formula is C6H11BrO5. The van der Waals surface area contributed by atoms with Crippen molar-refractivity contribution in [1.29, 1.82) is 0 Å². The molecule has 4 N–H and O–H groups in total. The van der Waals surface area contributed by atoms with Crippen molar-refractivity contribution in [2.45, 2.75) is 31.3 Å². The van der Waals surface area contributed by atoms with Gasteiger partial charge in [-0.05, 0) is 22.9 Å². The summed E-state index contributed by atoms with van der Waals surface area (Å²) in [6.45, 7) is 1.24. The van der Waals surface area contributed by atoms with Gasteiger partial charge >= 0.3 is 0 Å². The van der Waals surface area contributed by atoms with Crippen LogP contribution in [0, 0.1) is 0 Å². The molecule has 5 nitrogen and oxygen atoms in total. The Hall–Kier alpha value is -0.0100. The highest BCUT2D eigenvalue weighted by Gasteiger charge is 2.31. The van der Waals surface area contributed by atoms with Crippen LogP contribution in [-0.4, -0.2) is 49.5 Å². The molecular weight excluding hydrogens is 232 g/mol. The molecule has 6 heteroatoms. The second kappa shape index (κ2) is 4.88. The largest absolute Gasteiger partial charge is 0.391 e. The molecule has 12 heavy (non-hydrogen) atoms. The molecule has 0 aliphatic rings. The Balaban J connectivity index is 4.18. The van der Waals surface area contributed by atoms with Crippen molar-refractivity contribution < 1.29 is 25.2 Å². The smallest absolute Gasteiger partial charge is 0.228 e. The molecule has 0 aromatic carbocycles. The molecule has 0 bridgehead atoms. The topological polar surface area (TPSA) is 98.0 Å². The van der Waals surface area contributed by atoms with Crippen molar-refractivity contribution in [1.82, 2.24) is 0 Å². The molecule has 0 aliphatic carbocycles. The molecule has 0 heterocycles. The maximum Gasteiger partial charge on any atom is 0.228 e. The van der Waals surface area contributed by atoms with Gasteiger partial charge in [-0.15, -0.1) is 0 Å². The molecule has 4 atom stereocenters. The van der Waals surface area contributed by atoms with Crippen molar-refractivity contribution in [3.8, 4) is 0 Å². The van der Waals surface area contributed by atoms with E-state index in [1.807, 2.05) is 0 Å². The zero-order valence-electron chi connectivity index (χ0n) is 6.38. The summed E-state index contributed by atoms with van der Waals surface area (Å²) in [5.41, 5.74) is 0. The van der Waals surface area contributed by atoms with Crippen molar-refractivity contribution in [2.75, 3.05) is 0 Å². The quantitative estimate of drug-likeness (QED) is 0.444. The number of aliphatic hydroxyl groups is 4. The van der Waals surface area contributed by atoms with Gasteiger partial charge in [0.25, 0.3) is 0 Å². The van der Waals surface area contributed by atoms with Gasteiger partial charge in [0, 0.05) is 0 Å². The number of hydrogen-bond donors (Lipinski definition) is 4. The summed E-state index contributed by atoms with van der Waals surface area (Å²) in [7, 11) is 0. The van der Waals surface area contributed by atoms with E-state index < -0.39 is 29.1 Å². The first kappa shape index (κ1) is 12.0. The van der Waals surface area contributed by atoms with Crippen LogP contribution in [0.4, 0.5) is 0 Å². The number of hydrogen-bond acceptors (Lipinski definition) is 5.